The lowest BCUT2D eigenvalue weighted by Crippen LogP contribution is -2.25. The van der Waals surface area contributed by atoms with Crippen LogP contribution in [-0.2, 0) is 16.1 Å². The minimum atomic E-state index is -0.496. The first kappa shape index (κ1) is 24.4. The SMILES string of the molecule is CCOc1c(I)cc(/C=N\NC(=O)COc2nc(C)cc(COC)c2C#N)cc1OC. The summed E-state index contributed by atoms with van der Waals surface area (Å²) >= 11 is 2.14. The first-order valence-corrected chi connectivity index (χ1v) is 10.4. The van der Waals surface area contributed by atoms with Crippen molar-refractivity contribution in [2.24, 2.45) is 5.10 Å². The Labute approximate surface area is 194 Å². The Morgan fingerprint density at radius 3 is 2.74 bits per heavy atom. The number of carbonyl (C=O) groups is 1. The van der Waals surface area contributed by atoms with Gasteiger partial charge in [0.1, 0.15) is 11.6 Å². The number of hydrogen-bond donors (Lipinski definition) is 1. The Kier molecular flexibility index (Phi) is 9.48. The zero-order valence-corrected chi connectivity index (χ0v) is 19.8. The largest absolute Gasteiger partial charge is 0.493 e. The molecule has 0 aliphatic carbocycles. The first-order valence-electron chi connectivity index (χ1n) is 9.28. The number of halogens is 1. The third kappa shape index (κ3) is 6.80. The molecule has 0 atom stereocenters. The standard InChI is InChI=1S/C21H23IN4O5/c1-5-30-20-17(22)7-14(8-18(20)29-4)10-24-26-19(27)12-31-21-16(9-23)15(11-28-3)6-13(2)25-21/h6-8,10H,5,11-12H2,1-4H3,(H,26,27)/b24-10-. The Bertz CT molecular complexity index is 1000. The van der Waals surface area contributed by atoms with Crippen LogP contribution in [0.5, 0.6) is 17.4 Å². The fourth-order valence-electron chi connectivity index (χ4n) is 2.65. The van der Waals surface area contributed by atoms with Crippen LogP contribution in [0.25, 0.3) is 0 Å². The summed E-state index contributed by atoms with van der Waals surface area (Å²) in [5.74, 6) is 0.821. The molecule has 0 radical (unpaired) electrons. The molecule has 1 aromatic heterocycles. The maximum Gasteiger partial charge on any atom is 0.278 e. The van der Waals surface area contributed by atoms with Gasteiger partial charge in [0.2, 0.25) is 5.88 Å². The maximum atomic E-state index is 12.1. The third-order valence-electron chi connectivity index (χ3n) is 3.89. The van der Waals surface area contributed by atoms with E-state index in [-0.39, 0.29) is 24.7 Å². The van der Waals surface area contributed by atoms with Crippen LogP contribution in [0.1, 0.15) is 29.3 Å². The van der Waals surface area contributed by atoms with E-state index >= 15 is 0 Å². The topological polar surface area (TPSA) is 115 Å². The molecule has 0 aliphatic heterocycles. The molecule has 0 saturated heterocycles. The Morgan fingerprint density at radius 1 is 1.32 bits per heavy atom. The summed E-state index contributed by atoms with van der Waals surface area (Å²) in [6.07, 6.45) is 1.49. The predicted octanol–water partition coefficient (Wildman–Crippen LogP) is 2.95. The number of carbonyl (C=O) groups excluding carboxylic acids is 1. The van der Waals surface area contributed by atoms with Gasteiger partial charge in [-0.15, -0.1) is 0 Å². The molecule has 0 bridgehead atoms. The second-order valence-electron chi connectivity index (χ2n) is 6.20. The van der Waals surface area contributed by atoms with Gasteiger partial charge >= 0.3 is 0 Å². The molecule has 1 N–H and O–H groups in total. The minimum Gasteiger partial charge on any atom is -0.493 e. The van der Waals surface area contributed by atoms with Gasteiger partial charge in [-0.25, -0.2) is 10.4 Å². The molecule has 9 nitrogen and oxygen atoms in total. The molecular formula is C21H23IN4O5. The zero-order valence-electron chi connectivity index (χ0n) is 17.7. The van der Waals surface area contributed by atoms with Crippen molar-refractivity contribution in [1.29, 1.82) is 5.26 Å². The second kappa shape index (κ2) is 12.1. The third-order valence-corrected chi connectivity index (χ3v) is 4.69. The molecule has 2 rings (SSSR count). The number of hydrogen-bond acceptors (Lipinski definition) is 8. The number of benzene rings is 1. The first-order chi connectivity index (χ1) is 14.9. The van der Waals surface area contributed by atoms with Gasteiger partial charge in [0.15, 0.2) is 18.1 Å². The predicted molar refractivity (Wildman–Crippen MR) is 123 cm³/mol. The summed E-state index contributed by atoms with van der Waals surface area (Å²) in [6, 6.07) is 7.40. The number of hydrazone groups is 1. The van der Waals surface area contributed by atoms with Gasteiger partial charge in [0, 0.05) is 18.4 Å². The number of ether oxygens (including phenoxy) is 4. The summed E-state index contributed by atoms with van der Waals surface area (Å²) in [6.45, 7) is 4.07. The van der Waals surface area contributed by atoms with E-state index in [0.717, 1.165) is 9.13 Å². The molecule has 1 heterocycles. The molecule has 31 heavy (non-hydrogen) atoms. The summed E-state index contributed by atoms with van der Waals surface area (Å²) in [7, 11) is 3.09. The van der Waals surface area contributed by atoms with Crippen molar-refractivity contribution in [2.45, 2.75) is 20.5 Å². The van der Waals surface area contributed by atoms with E-state index in [9.17, 15) is 10.1 Å². The van der Waals surface area contributed by atoms with E-state index < -0.39 is 5.91 Å². The van der Waals surface area contributed by atoms with Crippen molar-refractivity contribution in [3.8, 4) is 23.4 Å². The average Bonchev–Trinajstić information content (AvgIpc) is 2.74. The van der Waals surface area contributed by atoms with Gasteiger partial charge in [-0.2, -0.15) is 10.4 Å². The molecule has 1 aromatic carbocycles. The minimum absolute atomic E-state index is 0.0829. The van der Waals surface area contributed by atoms with Crippen molar-refractivity contribution in [2.75, 3.05) is 27.4 Å². The van der Waals surface area contributed by atoms with Gasteiger partial charge in [0.05, 0.1) is 30.1 Å². The fourth-order valence-corrected chi connectivity index (χ4v) is 3.43. The number of aryl methyl sites for hydroxylation is 1. The normalized spacial score (nSPS) is 10.6. The second-order valence-corrected chi connectivity index (χ2v) is 7.36. The highest BCUT2D eigenvalue weighted by atomic mass is 127. The fraction of sp³-hybridized carbons (Fsp3) is 0.333. The lowest BCUT2D eigenvalue weighted by atomic mass is 10.1. The average molecular weight is 538 g/mol. The summed E-state index contributed by atoms with van der Waals surface area (Å²) in [5, 5.41) is 13.3. The van der Waals surface area contributed by atoms with Crippen molar-refractivity contribution in [1.82, 2.24) is 10.4 Å². The highest BCUT2D eigenvalue weighted by Gasteiger charge is 2.14. The van der Waals surface area contributed by atoms with E-state index in [1.807, 2.05) is 19.1 Å². The molecule has 2 aromatic rings. The van der Waals surface area contributed by atoms with Crippen LogP contribution in [0.2, 0.25) is 0 Å². The van der Waals surface area contributed by atoms with Crippen LogP contribution >= 0.6 is 22.6 Å². The van der Waals surface area contributed by atoms with Gasteiger partial charge in [-0.1, -0.05) is 0 Å². The number of methoxy groups -OCH3 is 2. The van der Waals surface area contributed by atoms with Gasteiger partial charge in [0.25, 0.3) is 5.91 Å². The maximum absolute atomic E-state index is 12.1. The number of aromatic nitrogens is 1. The van der Waals surface area contributed by atoms with E-state index in [2.05, 4.69) is 38.1 Å². The molecule has 0 spiro atoms. The van der Waals surface area contributed by atoms with Crippen molar-refractivity contribution in [3.05, 3.63) is 44.2 Å². The molecule has 0 unspecified atom stereocenters. The van der Waals surface area contributed by atoms with Crippen LogP contribution in [0.3, 0.4) is 0 Å². The molecule has 164 valence electrons. The summed E-state index contributed by atoms with van der Waals surface area (Å²) in [4.78, 5) is 16.3. The number of nitrogens with one attached hydrogen (secondary N) is 1. The molecule has 0 fully saturated rings. The lowest BCUT2D eigenvalue weighted by molar-refractivity contribution is -0.123. The smallest absolute Gasteiger partial charge is 0.278 e. The number of nitriles is 1. The van der Waals surface area contributed by atoms with Crippen molar-refractivity contribution in [3.63, 3.8) is 0 Å². The molecule has 0 saturated carbocycles. The molecule has 0 aliphatic rings. The number of amides is 1. The Balaban J connectivity index is 2.03. The number of rotatable bonds is 10. The van der Waals surface area contributed by atoms with Crippen LogP contribution in [0.4, 0.5) is 0 Å². The van der Waals surface area contributed by atoms with Crippen LogP contribution < -0.4 is 19.6 Å². The van der Waals surface area contributed by atoms with Crippen molar-refractivity contribution >= 4 is 34.7 Å². The van der Waals surface area contributed by atoms with Gasteiger partial charge < -0.3 is 18.9 Å². The quantitative estimate of drug-likeness (QED) is 0.281. The van der Waals surface area contributed by atoms with E-state index in [4.69, 9.17) is 18.9 Å². The molecule has 10 heteroatoms. The van der Waals surface area contributed by atoms with Crippen LogP contribution in [0.15, 0.2) is 23.3 Å². The highest BCUT2D eigenvalue weighted by Crippen LogP contribution is 2.33. The van der Waals surface area contributed by atoms with Crippen molar-refractivity contribution < 1.29 is 23.7 Å². The summed E-state index contributed by atoms with van der Waals surface area (Å²) in [5.41, 5.74) is 4.64. The van der Waals surface area contributed by atoms with Gasteiger partial charge in [-0.05, 0) is 60.2 Å². The van der Waals surface area contributed by atoms with Crippen LogP contribution in [0, 0.1) is 21.8 Å². The van der Waals surface area contributed by atoms with Gasteiger partial charge in [-0.3, -0.25) is 4.79 Å². The van der Waals surface area contributed by atoms with E-state index in [1.165, 1.54) is 13.3 Å². The van der Waals surface area contributed by atoms with E-state index in [1.54, 1.807) is 26.2 Å². The zero-order chi connectivity index (χ0) is 22.8. The highest BCUT2D eigenvalue weighted by molar-refractivity contribution is 14.1. The van der Waals surface area contributed by atoms with Crippen LogP contribution in [-0.4, -0.2) is 44.5 Å². The lowest BCUT2D eigenvalue weighted by Gasteiger charge is -2.12. The Morgan fingerprint density at radius 2 is 2.10 bits per heavy atom. The van der Waals surface area contributed by atoms with E-state index in [0.29, 0.717) is 29.4 Å². The number of nitrogens with zero attached hydrogens (tertiary/aromatic N) is 3. The molecular weight excluding hydrogens is 515 g/mol. The summed E-state index contributed by atoms with van der Waals surface area (Å²) < 4.78 is 22.3. The monoisotopic (exact) mass is 538 g/mol. The molecule has 1 amide bonds. The Hall–Kier alpha value is -2.91. The number of pyridine rings is 1.